The molecule has 5 atom stereocenters. The highest BCUT2D eigenvalue weighted by atomic mass is 16.6. The molecule has 2 N–H and O–H groups in total. The first-order valence-electron chi connectivity index (χ1n) is 7.73. The average Bonchev–Trinajstić information content (AvgIpc) is 2.37. The normalized spacial score (nSPS) is 30.6. The van der Waals surface area contributed by atoms with Gasteiger partial charge in [0.05, 0.1) is 0 Å². The average molecular weight is 300 g/mol. The van der Waals surface area contributed by atoms with Crippen LogP contribution in [0.25, 0.3) is 0 Å². The maximum atomic E-state index is 12.1. The van der Waals surface area contributed by atoms with Gasteiger partial charge in [-0.2, -0.15) is 0 Å². The molecule has 1 aliphatic carbocycles. The van der Waals surface area contributed by atoms with Crippen molar-refractivity contribution in [1.29, 1.82) is 0 Å². The second-order valence-corrected chi connectivity index (χ2v) is 6.96. The number of rotatable bonds is 4. The van der Waals surface area contributed by atoms with Gasteiger partial charge in [0.15, 0.2) is 5.60 Å². The fraction of sp³-hybridized carbons (Fsp3) is 0.875. The molecule has 0 radical (unpaired) electrons. The summed E-state index contributed by atoms with van der Waals surface area (Å²) in [4.78, 5) is 23.5. The lowest BCUT2D eigenvalue weighted by Crippen LogP contribution is -2.51. The molecule has 0 saturated heterocycles. The number of esters is 2. The summed E-state index contributed by atoms with van der Waals surface area (Å²) in [5.74, 6) is -1.24. The minimum Gasteiger partial charge on any atom is -0.389 e. The molecule has 0 aliphatic heterocycles. The molecule has 5 nitrogen and oxygen atoms in total. The van der Waals surface area contributed by atoms with E-state index in [1.54, 1.807) is 0 Å². The molecule has 5 heteroatoms. The van der Waals surface area contributed by atoms with Crippen molar-refractivity contribution in [3.05, 3.63) is 0 Å². The summed E-state index contributed by atoms with van der Waals surface area (Å²) in [7, 11) is 0. The van der Waals surface area contributed by atoms with Gasteiger partial charge >= 0.3 is 11.9 Å². The van der Waals surface area contributed by atoms with E-state index in [9.17, 15) is 14.7 Å². The number of ether oxygens (including phenoxy) is 1. The zero-order valence-corrected chi connectivity index (χ0v) is 13.6. The maximum Gasteiger partial charge on any atom is 0.345 e. The molecule has 0 aromatic heterocycles. The molecule has 1 saturated carbocycles. The van der Waals surface area contributed by atoms with Crippen LogP contribution in [0.15, 0.2) is 0 Å². The van der Waals surface area contributed by atoms with E-state index in [1.807, 2.05) is 0 Å². The van der Waals surface area contributed by atoms with Crippen molar-refractivity contribution in [1.82, 2.24) is 0 Å². The number of carbonyl (C=O) groups excluding carboxylic acids is 2. The van der Waals surface area contributed by atoms with E-state index in [0.717, 1.165) is 19.3 Å². The lowest BCUT2D eigenvalue weighted by atomic mass is 9.64. The van der Waals surface area contributed by atoms with Crippen molar-refractivity contribution in [2.24, 2.45) is 23.7 Å². The summed E-state index contributed by atoms with van der Waals surface area (Å²) < 4.78 is 4.62. The third-order valence-electron chi connectivity index (χ3n) is 4.69. The van der Waals surface area contributed by atoms with Crippen LogP contribution in [-0.2, 0) is 14.3 Å². The third kappa shape index (κ3) is 4.27. The van der Waals surface area contributed by atoms with Crippen LogP contribution in [0.3, 0.4) is 0 Å². The SMILES string of the molecule is CC1CCC(C(C)C)C(C(C)(O)C(=O)OC(=O)C(C)O)C1. The fourth-order valence-electron chi connectivity index (χ4n) is 3.28. The summed E-state index contributed by atoms with van der Waals surface area (Å²) in [5.41, 5.74) is -1.71. The highest BCUT2D eigenvalue weighted by molar-refractivity contribution is 5.91. The van der Waals surface area contributed by atoms with Gasteiger partial charge in [0.1, 0.15) is 6.10 Å². The number of hydrogen-bond acceptors (Lipinski definition) is 5. The number of hydrogen-bond donors (Lipinski definition) is 2. The predicted octanol–water partition coefficient (Wildman–Crippen LogP) is 1.90. The molecule has 0 aromatic rings. The third-order valence-corrected chi connectivity index (χ3v) is 4.69. The molecule has 0 aromatic carbocycles. The van der Waals surface area contributed by atoms with Gasteiger partial charge in [-0.3, -0.25) is 0 Å². The molecule has 1 rings (SSSR count). The quantitative estimate of drug-likeness (QED) is 0.612. The van der Waals surface area contributed by atoms with Gasteiger partial charge in [-0.05, 0) is 44.4 Å². The number of aliphatic hydroxyl groups excluding tert-OH is 1. The van der Waals surface area contributed by atoms with Crippen molar-refractivity contribution >= 4 is 11.9 Å². The first-order chi connectivity index (χ1) is 9.57. The molecule has 1 aliphatic rings. The highest BCUT2D eigenvalue weighted by Gasteiger charge is 2.48. The summed E-state index contributed by atoms with van der Waals surface area (Å²) in [5, 5.41) is 19.8. The van der Waals surface area contributed by atoms with Crippen molar-refractivity contribution in [2.45, 2.75) is 65.6 Å². The lowest BCUT2D eigenvalue weighted by Gasteiger charge is -2.43. The van der Waals surface area contributed by atoms with Gasteiger partial charge in [0.25, 0.3) is 0 Å². The van der Waals surface area contributed by atoms with E-state index in [1.165, 1.54) is 13.8 Å². The Kier molecular flexibility index (Phi) is 5.93. The summed E-state index contributed by atoms with van der Waals surface area (Å²) in [6, 6.07) is 0. The molecule has 5 unspecified atom stereocenters. The van der Waals surface area contributed by atoms with E-state index in [0.29, 0.717) is 11.8 Å². The molecule has 122 valence electrons. The second-order valence-electron chi connectivity index (χ2n) is 6.96. The fourth-order valence-corrected chi connectivity index (χ4v) is 3.28. The Hall–Kier alpha value is -0.940. The highest BCUT2D eigenvalue weighted by Crippen LogP contribution is 2.43. The van der Waals surface area contributed by atoms with Crippen molar-refractivity contribution < 1.29 is 24.5 Å². The van der Waals surface area contributed by atoms with Crippen LogP contribution in [0.4, 0.5) is 0 Å². The Morgan fingerprint density at radius 1 is 1.24 bits per heavy atom. The van der Waals surface area contributed by atoms with Crippen LogP contribution in [0.5, 0.6) is 0 Å². The topological polar surface area (TPSA) is 83.8 Å². The second kappa shape index (κ2) is 6.88. The first kappa shape index (κ1) is 18.1. The van der Waals surface area contributed by atoms with Crippen LogP contribution < -0.4 is 0 Å². The largest absolute Gasteiger partial charge is 0.389 e. The summed E-state index contributed by atoms with van der Waals surface area (Å²) in [6.45, 7) is 8.91. The van der Waals surface area contributed by atoms with E-state index in [4.69, 9.17) is 5.11 Å². The van der Waals surface area contributed by atoms with Crippen LogP contribution >= 0.6 is 0 Å². The Morgan fingerprint density at radius 2 is 1.81 bits per heavy atom. The standard InChI is InChI=1S/C16H28O5/c1-9(2)12-7-6-10(3)8-13(12)16(5,20)15(19)21-14(18)11(4)17/h9-13,17,20H,6-8H2,1-5H3. The van der Waals surface area contributed by atoms with Gasteiger partial charge in [-0.25, -0.2) is 9.59 Å². The van der Waals surface area contributed by atoms with Gasteiger partial charge < -0.3 is 14.9 Å². The van der Waals surface area contributed by atoms with Gasteiger partial charge in [-0.1, -0.05) is 27.2 Å². The Bertz CT molecular complexity index is 386. The Balaban J connectivity index is 2.91. The zero-order valence-electron chi connectivity index (χ0n) is 13.6. The number of aliphatic hydroxyl groups is 2. The van der Waals surface area contributed by atoms with E-state index in [-0.39, 0.29) is 11.8 Å². The van der Waals surface area contributed by atoms with Gasteiger partial charge in [-0.15, -0.1) is 0 Å². The maximum absolute atomic E-state index is 12.1. The molecule has 0 heterocycles. The minimum absolute atomic E-state index is 0.213. The Morgan fingerprint density at radius 3 is 2.29 bits per heavy atom. The lowest BCUT2D eigenvalue weighted by molar-refractivity contribution is -0.185. The molecule has 1 fully saturated rings. The molecular formula is C16H28O5. The molecule has 0 spiro atoms. The summed E-state index contributed by atoms with van der Waals surface area (Å²) in [6.07, 6.45) is 1.39. The van der Waals surface area contributed by atoms with Crippen molar-refractivity contribution in [3.8, 4) is 0 Å². The zero-order chi connectivity index (χ0) is 16.4. The van der Waals surface area contributed by atoms with Crippen molar-refractivity contribution in [2.75, 3.05) is 0 Å². The smallest absolute Gasteiger partial charge is 0.345 e. The van der Waals surface area contributed by atoms with Gasteiger partial charge in [0, 0.05) is 5.92 Å². The van der Waals surface area contributed by atoms with E-state index >= 15 is 0 Å². The van der Waals surface area contributed by atoms with Crippen LogP contribution in [0.1, 0.15) is 53.9 Å². The molecule has 21 heavy (non-hydrogen) atoms. The minimum atomic E-state index is -1.71. The van der Waals surface area contributed by atoms with Crippen molar-refractivity contribution in [3.63, 3.8) is 0 Å². The molecule has 0 amide bonds. The Labute approximate surface area is 126 Å². The molecule has 0 bridgehead atoms. The first-order valence-corrected chi connectivity index (χ1v) is 7.73. The van der Waals surface area contributed by atoms with E-state index in [2.05, 4.69) is 25.5 Å². The van der Waals surface area contributed by atoms with Crippen LogP contribution in [0.2, 0.25) is 0 Å². The monoisotopic (exact) mass is 300 g/mol. The number of carbonyl (C=O) groups is 2. The van der Waals surface area contributed by atoms with Crippen LogP contribution in [0, 0.1) is 23.7 Å². The summed E-state index contributed by atoms with van der Waals surface area (Å²) >= 11 is 0. The van der Waals surface area contributed by atoms with Gasteiger partial charge in [0.2, 0.25) is 0 Å². The predicted molar refractivity (Wildman–Crippen MR) is 78.2 cm³/mol. The molecular weight excluding hydrogens is 272 g/mol. The van der Waals surface area contributed by atoms with E-state index < -0.39 is 23.6 Å². The van der Waals surface area contributed by atoms with Crippen LogP contribution in [-0.4, -0.2) is 33.9 Å².